The summed E-state index contributed by atoms with van der Waals surface area (Å²) in [5.41, 5.74) is 2.84. The Morgan fingerprint density at radius 1 is 1.24 bits per heavy atom. The lowest BCUT2D eigenvalue weighted by Crippen LogP contribution is -2.55. The normalized spacial score (nSPS) is 23.1. The van der Waals surface area contributed by atoms with Gasteiger partial charge in [-0.3, -0.25) is 4.90 Å². The van der Waals surface area contributed by atoms with Gasteiger partial charge in [0.05, 0.1) is 24.2 Å². The molecule has 2 fully saturated rings. The predicted molar refractivity (Wildman–Crippen MR) is 143 cm³/mol. The van der Waals surface area contributed by atoms with Crippen molar-refractivity contribution in [3.8, 4) is 12.1 Å². The highest BCUT2D eigenvalue weighted by Gasteiger charge is 2.34. The van der Waals surface area contributed by atoms with Gasteiger partial charge >= 0.3 is 12.1 Å². The van der Waals surface area contributed by atoms with E-state index in [1.807, 2.05) is 35.2 Å². The molecule has 0 aliphatic carbocycles. The topological polar surface area (TPSA) is 107 Å². The average molecular weight is 523 g/mol. The quantitative estimate of drug-likeness (QED) is 0.560. The molecule has 0 radical (unpaired) electrons. The van der Waals surface area contributed by atoms with E-state index < -0.39 is 12.9 Å². The van der Waals surface area contributed by atoms with Crippen molar-refractivity contribution in [3.63, 3.8) is 0 Å². The highest BCUT2D eigenvalue weighted by Crippen LogP contribution is 2.29. The summed E-state index contributed by atoms with van der Waals surface area (Å²) in [6, 6.07) is 11.7. The van der Waals surface area contributed by atoms with Crippen LogP contribution in [0.3, 0.4) is 0 Å². The molecule has 202 valence electrons. The van der Waals surface area contributed by atoms with E-state index in [4.69, 9.17) is 23.6 Å². The van der Waals surface area contributed by atoms with Crippen molar-refractivity contribution in [2.75, 3.05) is 50.8 Å². The molecule has 0 saturated carbocycles. The molecule has 1 N–H and O–H groups in total. The number of nitrogens with one attached hydrogen (secondary N) is 1. The number of hydrogen-bond acceptors (Lipinski definition) is 9. The molecule has 2 saturated heterocycles. The third-order valence-electron chi connectivity index (χ3n) is 7.55. The predicted octanol–water partition coefficient (Wildman–Crippen LogP) is 2.73. The molecule has 3 aliphatic rings. The maximum atomic E-state index is 13.0. The van der Waals surface area contributed by atoms with Gasteiger partial charge in [-0.15, -0.1) is 0 Å². The number of nitrogens with zero attached hydrogens (tertiary/aromatic N) is 6. The average Bonchev–Trinajstić information content (AvgIpc) is 3.40. The van der Waals surface area contributed by atoms with Crippen molar-refractivity contribution in [1.29, 1.82) is 5.26 Å². The van der Waals surface area contributed by atoms with E-state index >= 15 is 0 Å². The smallest absolute Gasteiger partial charge is 0.410 e. The Labute approximate surface area is 228 Å². The van der Waals surface area contributed by atoms with Crippen LogP contribution in [0.2, 0.25) is 0 Å². The molecule has 10 nitrogen and oxygen atoms in total. The third kappa shape index (κ3) is 6.00. The first-order valence-corrected chi connectivity index (χ1v) is 13.4. The Morgan fingerprint density at radius 2 is 2.13 bits per heavy atom. The Morgan fingerprint density at radius 3 is 2.97 bits per heavy atom. The number of carbonyl (C=O) groups is 1. The van der Waals surface area contributed by atoms with Crippen LogP contribution in [0, 0.1) is 11.3 Å². The maximum Gasteiger partial charge on any atom is 0.410 e. The van der Waals surface area contributed by atoms with E-state index in [-0.39, 0.29) is 37.7 Å². The summed E-state index contributed by atoms with van der Waals surface area (Å²) in [7, 11) is 0. The van der Waals surface area contributed by atoms with Gasteiger partial charge in [-0.05, 0) is 44.5 Å². The van der Waals surface area contributed by atoms with Gasteiger partial charge in [-0.25, -0.2) is 4.79 Å². The lowest BCUT2D eigenvalue weighted by molar-refractivity contribution is 0.0767. The molecule has 1 aromatic heterocycles. The van der Waals surface area contributed by atoms with Crippen LogP contribution in [0.15, 0.2) is 30.3 Å². The summed E-state index contributed by atoms with van der Waals surface area (Å²) in [5, 5.41) is 12.9. The van der Waals surface area contributed by atoms with Gasteiger partial charge in [-0.1, -0.05) is 37.2 Å². The first-order valence-electron chi connectivity index (χ1n) is 14.9. The van der Waals surface area contributed by atoms with Crippen LogP contribution in [-0.2, 0) is 24.3 Å². The molecule has 4 heterocycles. The standard InChI is InChI=1S/C28H37N7O3/c1-2-33-14-6-9-23(33)20-37-27-31-25-17-30-13-11-24(25)26(32-27)34-15-16-35(22(18-34)10-12-29)28(36)38-19-21-7-4-3-5-8-21/h3-5,7-8,22-23,30H,2,6,9-11,13-20H2,1H3/t22-,23-/m0/s1/i1D3. The van der Waals surface area contributed by atoms with Crippen LogP contribution < -0.4 is 15.0 Å². The zero-order valence-electron chi connectivity index (χ0n) is 24.6. The summed E-state index contributed by atoms with van der Waals surface area (Å²) < 4.78 is 34.6. The highest BCUT2D eigenvalue weighted by molar-refractivity contribution is 5.69. The van der Waals surface area contributed by atoms with Gasteiger partial charge in [0.2, 0.25) is 0 Å². The summed E-state index contributed by atoms with van der Waals surface area (Å²) in [6.45, 7) is 2.06. The summed E-state index contributed by atoms with van der Waals surface area (Å²) in [6.07, 6.45) is 2.32. The number of likely N-dealkylation sites (N-methyl/N-ethyl adjacent to an activating group) is 1. The monoisotopic (exact) mass is 522 g/mol. The van der Waals surface area contributed by atoms with Crippen molar-refractivity contribution in [2.24, 2.45) is 0 Å². The third-order valence-corrected chi connectivity index (χ3v) is 7.55. The minimum Gasteiger partial charge on any atom is -0.462 e. The highest BCUT2D eigenvalue weighted by atomic mass is 16.6. The molecule has 1 aromatic carbocycles. The van der Waals surface area contributed by atoms with Crippen LogP contribution in [-0.4, -0.2) is 83.8 Å². The fourth-order valence-corrected chi connectivity index (χ4v) is 5.48. The van der Waals surface area contributed by atoms with Crippen LogP contribution in [0.5, 0.6) is 6.01 Å². The zero-order chi connectivity index (χ0) is 28.8. The number of amides is 1. The number of carbonyl (C=O) groups excluding carboxylic acids is 1. The number of rotatable bonds is 8. The fraction of sp³-hybridized carbons (Fsp3) is 0.571. The van der Waals surface area contributed by atoms with Crippen molar-refractivity contribution in [2.45, 2.75) is 57.8 Å². The molecule has 5 rings (SSSR count). The van der Waals surface area contributed by atoms with E-state index in [0.717, 1.165) is 55.0 Å². The van der Waals surface area contributed by atoms with Crippen LogP contribution >= 0.6 is 0 Å². The Bertz CT molecular complexity index is 1240. The molecular weight excluding hydrogens is 482 g/mol. The molecular formula is C28H37N7O3. The molecule has 0 unspecified atom stereocenters. The molecule has 2 atom stereocenters. The lowest BCUT2D eigenvalue weighted by atomic mass is 10.0. The number of ether oxygens (including phenoxy) is 2. The van der Waals surface area contributed by atoms with E-state index in [1.165, 1.54) is 0 Å². The number of anilines is 1. The second kappa shape index (κ2) is 12.4. The molecule has 0 spiro atoms. The second-order valence-electron chi connectivity index (χ2n) is 9.95. The number of nitriles is 1. The van der Waals surface area contributed by atoms with Crippen molar-refractivity contribution < 1.29 is 18.4 Å². The molecule has 10 heteroatoms. The Hall–Kier alpha value is -3.42. The van der Waals surface area contributed by atoms with Gasteiger partial charge in [0.1, 0.15) is 19.0 Å². The van der Waals surface area contributed by atoms with Crippen LogP contribution in [0.1, 0.15) is 47.0 Å². The molecule has 2 aromatic rings. The van der Waals surface area contributed by atoms with Crippen molar-refractivity contribution >= 4 is 11.9 Å². The maximum absolute atomic E-state index is 13.0. The van der Waals surface area contributed by atoms with Gasteiger partial charge in [0.25, 0.3) is 0 Å². The summed E-state index contributed by atoms with van der Waals surface area (Å²) in [5.74, 6) is 0.775. The number of benzene rings is 1. The van der Waals surface area contributed by atoms with E-state index in [9.17, 15) is 10.1 Å². The lowest BCUT2D eigenvalue weighted by Gasteiger charge is -2.41. The van der Waals surface area contributed by atoms with Crippen molar-refractivity contribution in [1.82, 2.24) is 25.1 Å². The van der Waals surface area contributed by atoms with Gasteiger partial charge in [0, 0.05) is 41.9 Å². The van der Waals surface area contributed by atoms with Gasteiger partial charge in [0.15, 0.2) is 0 Å². The SMILES string of the molecule is [2H]C([2H])([2H])CN1CCC[C@H]1COc1nc2c(c(N3CCN(C(=O)OCc4ccccc4)[C@@H](CC#N)C3)n1)CCNC2. The van der Waals surface area contributed by atoms with E-state index in [2.05, 4.69) is 16.3 Å². The first kappa shape index (κ1) is 22.6. The van der Waals surface area contributed by atoms with Gasteiger partial charge < -0.3 is 24.6 Å². The van der Waals surface area contributed by atoms with Gasteiger partial charge in [-0.2, -0.15) is 15.2 Å². The molecule has 0 bridgehead atoms. The van der Waals surface area contributed by atoms with E-state index in [1.54, 1.807) is 4.90 Å². The van der Waals surface area contributed by atoms with Crippen LogP contribution in [0.4, 0.5) is 10.6 Å². The van der Waals surface area contributed by atoms with E-state index in [0.29, 0.717) is 32.8 Å². The Balaban J connectivity index is 1.29. The molecule has 38 heavy (non-hydrogen) atoms. The minimum atomic E-state index is -2.01. The van der Waals surface area contributed by atoms with Crippen molar-refractivity contribution in [3.05, 3.63) is 47.2 Å². The zero-order valence-corrected chi connectivity index (χ0v) is 21.6. The minimum absolute atomic E-state index is 0.00193. The molecule has 3 aliphatic heterocycles. The summed E-state index contributed by atoms with van der Waals surface area (Å²) >= 11 is 0. The second-order valence-corrected chi connectivity index (χ2v) is 9.95. The number of likely N-dealkylation sites (tertiary alicyclic amines) is 1. The molecule has 1 amide bonds. The van der Waals surface area contributed by atoms with Crippen LogP contribution in [0.25, 0.3) is 0 Å². The number of fused-ring (bicyclic) bond motifs is 1. The number of hydrogen-bond donors (Lipinski definition) is 1. The number of aromatic nitrogens is 2. The first-order chi connectivity index (χ1) is 19.8. The Kier molecular flexibility index (Phi) is 7.37. The fourth-order valence-electron chi connectivity index (χ4n) is 5.48. The number of piperazine rings is 1. The summed E-state index contributed by atoms with van der Waals surface area (Å²) in [4.78, 5) is 28.3. The largest absolute Gasteiger partial charge is 0.462 e.